The molecule has 1 aliphatic heterocycles. The molecule has 0 aliphatic carbocycles. The Morgan fingerprint density at radius 2 is 1.96 bits per heavy atom. The smallest absolute Gasteiger partial charge is 0.317 e. The van der Waals surface area contributed by atoms with Crippen LogP contribution in [0.2, 0.25) is 0 Å². The Hall–Kier alpha value is -1.59. The van der Waals surface area contributed by atoms with E-state index in [2.05, 4.69) is 29.3 Å². The first kappa shape index (κ1) is 18.7. The van der Waals surface area contributed by atoms with Gasteiger partial charge in [0.15, 0.2) is 0 Å². The molecule has 2 rings (SSSR count). The minimum Gasteiger partial charge on any atom is -0.393 e. The van der Waals surface area contributed by atoms with E-state index in [-0.39, 0.29) is 12.1 Å². The molecule has 0 saturated carbocycles. The predicted molar refractivity (Wildman–Crippen MR) is 96.7 cm³/mol. The van der Waals surface area contributed by atoms with E-state index in [1.54, 1.807) is 4.90 Å². The van der Waals surface area contributed by atoms with Gasteiger partial charge in [-0.2, -0.15) is 0 Å². The second-order valence-electron chi connectivity index (χ2n) is 6.71. The fourth-order valence-electron chi connectivity index (χ4n) is 3.01. The molecule has 1 aliphatic rings. The first-order valence-corrected chi connectivity index (χ1v) is 9.06. The highest BCUT2D eigenvalue weighted by Gasteiger charge is 2.18. The molecule has 24 heavy (non-hydrogen) atoms. The van der Waals surface area contributed by atoms with E-state index in [1.165, 1.54) is 11.1 Å². The predicted octanol–water partition coefficient (Wildman–Crippen LogP) is 2.58. The van der Waals surface area contributed by atoms with Gasteiger partial charge >= 0.3 is 6.03 Å². The maximum absolute atomic E-state index is 12.1. The van der Waals surface area contributed by atoms with Crippen molar-refractivity contribution in [1.29, 1.82) is 0 Å². The van der Waals surface area contributed by atoms with Gasteiger partial charge in [-0.15, -0.1) is 0 Å². The van der Waals surface area contributed by atoms with E-state index in [4.69, 9.17) is 0 Å². The minimum atomic E-state index is -0.144. The molecule has 5 heteroatoms. The third-order valence-corrected chi connectivity index (χ3v) is 4.69. The molecule has 0 atom stereocenters. The summed E-state index contributed by atoms with van der Waals surface area (Å²) in [6.45, 7) is 6.22. The molecular formula is C19H31N3O2. The minimum absolute atomic E-state index is 0.0145. The molecule has 1 saturated heterocycles. The number of rotatable bonds is 7. The van der Waals surface area contributed by atoms with Gasteiger partial charge in [-0.1, -0.05) is 37.6 Å². The lowest BCUT2D eigenvalue weighted by atomic mass is 10.0. The maximum atomic E-state index is 12.1. The summed E-state index contributed by atoms with van der Waals surface area (Å²) in [5.41, 5.74) is 2.42. The fourth-order valence-corrected chi connectivity index (χ4v) is 3.01. The van der Waals surface area contributed by atoms with Crippen LogP contribution in [-0.4, -0.2) is 53.7 Å². The van der Waals surface area contributed by atoms with Crippen LogP contribution in [0.25, 0.3) is 0 Å². The monoisotopic (exact) mass is 333 g/mol. The van der Waals surface area contributed by atoms with Crippen LogP contribution in [0.15, 0.2) is 24.3 Å². The Balaban J connectivity index is 1.88. The molecule has 1 fully saturated rings. The van der Waals surface area contributed by atoms with Gasteiger partial charge in [0.25, 0.3) is 0 Å². The lowest BCUT2D eigenvalue weighted by Gasteiger charge is -2.30. The van der Waals surface area contributed by atoms with Crippen LogP contribution in [0.4, 0.5) is 4.79 Å². The maximum Gasteiger partial charge on any atom is 0.317 e. The van der Waals surface area contributed by atoms with Gasteiger partial charge in [0, 0.05) is 39.8 Å². The average molecular weight is 333 g/mol. The lowest BCUT2D eigenvalue weighted by Crippen LogP contribution is -2.38. The van der Waals surface area contributed by atoms with E-state index < -0.39 is 0 Å². The second kappa shape index (κ2) is 9.64. The summed E-state index contributed by atoms with van der Waals surface area (Å²) in [6, 6.07) is 8.27. The number of hydrogen-bond donors (Lipinski definition) is 2. The summed E-state index contributed by atoms with van der Waals surface area (Å²) < 4.78 is 0. The summed E-state index contributed by atoms with van der Waals surface area (Å²) in [5, 5.41) is 12.6. The molecule has 1 heterocycles. The third-order valence-electron chi connectivity index (χ3n) is 4.69. The van der Waals surface area contributed by atoms with Crippen molar-refractivity contribution in [3.63, 3.8) is 0 Å². The van der Waals surface area contributed by atoms with Crippen molar-refractivity contribution in [2.24, 2.45) is 0 Å². The molecule has 2 N–H and O–H groups in total. The SMILES string of the molecule is CCCCN(C)C(=O)NCc1ccccc1CN1CCC(O)CC1. The summed E-state index contributed by atoms with van der Waals surface area (Å²) in [5.74, 6) is 0. The highest BCUT2D eigenvalue weighted by atomic mass is 16.3. The van der Waals surface area contributed by atoms with Crippen LogP contribution < -0.4 is 5.32 Å². The van der Waals surface area contributed by atoms with Crippen molar-refractivity contribution in [2.75, 3.05) is 26.7 Å². The van der Waals surface area contributed by atoms with Crippen LogP contribution in [0, 0.1) is 0 Å². The van der Waals surface area contributed by atoms with Gasteiger partial charge in [0.05, 0.1) is 6.10 Å². The molecule has 0 spiro atoms. The van der Waals surface area contributed by atoms with Crippen molar-refractivity contribution >= 4 is 6.03 Å². The van der Waals surface area contributed by atoms with Gasteiger partial charge in [-0.3, -0.25) is 4.90 Å². The Morgan fingerprint density at radius 1 is 1.29 bits per heavy atom. The number of aliphatic hydroxyl groups excluding tert-OH is 1. The Kier molecular flexibility index (Phi) is 7.53. The van der Waals surface area contributed by atoms with Gasteiger partial charge < -0.3 is 15.3 Å². The third kappa shape index (κ3) is 5.80. The van der Waals surface area contributed by atoms with Crippen LogP contribution >= 0.6 is 0 Å². The fraction of sp³-hybridized carbons (Fsp3) is 0.632. The zero-order chi connectivity index (χ0) is 17.4. The number of nitrogens with one attached hydrogen (secondary N) is 1. The number of piperidine rings is 1. The van der Waals surface area contributed by atoms with E-state index in [0.717, 1.165) is 51.9 Å². The number of carbonyl (C=O) groups excluding carboxylic acids is 1. The summed E-state index contributed by atoms with van der Waals surface area (Å²) >= 11 is 0. The largest absolute Gasteiger partial charge is 0.393 e. The van der Waals surface area contributed by atoms with Crippen molar-refractivity contribution in [3.8, 4) is 0 Å². The van der Waals surface area contributed by atoms with Crippen LogP contribution in [-0.2, 0) is 13.1 Å². The Morgan fingerprint density at radius 3 is 2.62 bits per heavy atom. The van der Waals surface area contributed by atoms with Crippen molar-refractivity contribution in [1.82, 2.24) is 15.1 Å². The molecule has 0 unspecified atom stereocenters. The molecule has 0 radical (unpaired) electrons. The summed E-state index contributed by atoms with van der Waals surface area (Å²) in [4.78, 5) is 16.3. The van der Waals surface area contributed by atoms with Gasteiger partial charge in [-0.05, 0) is 30.4 Å². The number of urea groups is 1. The number of likely N-dealkylation sites (tertiary alicyclic amines) is 1. The average Bonchev–Trinajstić information content (AvgIpc) is 2.60. The van der Waals surface area contributed by atoms with E-state index >= 15 is 0 Å². The van der Waals surface area contributed by atoms with E-state index in [0.29, 0.717) is 6.54 Å². The Labute approximate surface area is 145 Å². The molecular weight excluding hydrogens is 302 g/mol. The number of aliphatic hydroxyl groups is 1. The number of unbranched alkanes of at least 4 members (excludes halogenated alkanes) is 1. The van der Waals surface area contributed by atoms with Gasteiger partial charge in [0.1, 0.15) is 0 Å². The van der Waals surface area contributed by atoms with E-state index in [1.807, 2.05) is 19.2 Å². The van der Waals surface area contributed by atoms with Crippen LogP contribution in [0.1, 0.15) is 43.7 Å². The standard InChI is InChI=1S/C19H31N3O2/c1-3-4-11-21(2)19(24)20-14-16-7-5-6-8-17(16)15-22-12-9-18(23)10-13-22/h5-8,18,23H,3-4,9-15H2,1-2H3,(H,20,24). The molecule has 5 nitrogen and oxygen atoms in total. The van der Waals surface area contributed by atoms with Crippen molar-refractivity contribution in [3.05, 3.63) is 35.4 Å². The van der Waals surface area contributed by atoms with Crippen LogP contribution in [0.3, 0.4) is 0 Å². The first-order chi connectivity index (χ1) is 11.6. The normalized spacial score (nSPS) is 16.1. The van der Waals surface area contributed by atoms with Gasteiger partial charge in [0.2, 0.25) is 0 Å². The van der Waals surface area contributed by atoms with E-state index in [9.17, 15) is 9.90 Å². The molecule has 134 valence electrons. The quantitative estimate of drug-likeness (QED) is 0.806. The highest BCUT2D eigenvalue weighted by molar-refractivity contribution is 5.73. The number of amides is 2. The topological polar surface area (TPSA) is 55.8 Å². The summed E-state index contributed by atoms with van der Waals surface area (Å²) in [6.07, 6.45) is 3.67. The van der Waals surface area contributed by atoms with Crippen LogP contribution in [0.5, 0.6) is 0 Å². The molecule has 0 aromatic heterocycles. The number of benzene rings is 1. The molecule has 1 aromatic rings. The molecule has 1 aromatic carbocycles. The lowest BCUT2D eigenvalue weighted by molar-refractivity contribution is 0.0791. The number of nitrogens with zero attached hydrogens (tertiary/aromatic N) is 2. The van der Waals surface area contributed by atoms with Crippen molar-refractivity contribution < 1.29 is 9.90 Å². The second-order valence-corrected chi connectivity index (χ2v) is 6.71. The molecule has 2 amide bonds. The Bertz CT molecular complexity index is 513. The first-order valence-electron chi connectivity index (χ1n) is 9.06. The highest BCUT2D eigenvalue weighted by Crippen LogP contribution is 2.16. The molecule has 0 bridgehead atoms. The zero-order valence-corrected chi connectivity index (χ0v) is 15.0. The van der Waals surface area contributed by atoms with Crippen molar-refractivity contribution in [2.45, 2.75) is 51.8 Å². The van der Waals surface area contributed by atoms with Gasteiger partial charge in [-0.25, -0.2) is 4.79 Å². The summed E-state index contributed by atoms with van der Waals surface area (Å²) in [7, 11) is 1.84. The number of carbonyl (C=O) groups is 1. The zero-order valence-electron chi connectivity index (χ0n) is 15.0. The number of hydrogen-bond acceptors (Lipinski definition) is 3.